The maximum absolute atomic E-state index is 13.6. The van der Waals surface area contributed by atoms with Gasteiger partial charge in [-0.2, -0.15) is 0 Å². The molecule has 2 aromatic carbocycles. The SMILES string of the molecule is O=C(OC1CCCC1)C1(CCCCBr)c2ccccc2-c2ccccc21. The van der Waals surface area contributed by atoms with Crippen LogP contribution in [0.2, 0.25) is 0 Å². The number of rotatable bonds is 6. The van der Waals surface area contributed by atoms with Crippen LogP contribution in [-0.4, -0.2) is 17.4 Å². The molecule has 2 nitrogen and oxygen atoms in total. The van der Waals surface area contributed by atoms with Gasteiger partial charge in [0.2, 0.25) is 0 Å². The van der Waals surface area contributed by atoms with Gasteiger partial charge in [0.15, 0.2) is 0 Å². The van der Waals surface area contributed by atoms with Crippen LogP contribution < -0.4 is 0 Å². The second-order valence-electron chi connectivity index (χ2n) is 7.45. The van der Waals surface area contributed by atoms with Crippen LogP contribution >= 0.6 is 15.9 Å². The van der Waals surface area contributed by atoms with Gasteiger partial charge >= 0.3 is 5.97 Å². The molecule has 0 radical (unpaired) electrons. The largest absolute Gasteiger partial charge is 0.461 e. The van der Waals surface area contributed by atoms with Crippen LogP contribution in [0, 0.1) is 0 Å². The zero-order valence-electron chi connectivity index (χ0n) is 15.0. The van der Waals surface area contributed by atoms with Gasteiger partial charge in [-0.3, -0.25) is 4.79 Å². The summed E-state index contributed by atoms with van der Waals surface area (Å²) in [5, 5.41) is 0.962. The Bertz CT molecular complexity index is 747. The first-order valence-electron chi connectivity index (χ1n) is 9.74. The molecule has 1 fully saturated rings. The van der Waals surface area contributed by atoms with E-state index >= 15 is 0 Å². The Kier molecular flexibility index (Phi) is 5.17. The first-order valence-corrected chi connectivity index (χ1v) is 10.9. The lowest BCUT2D eigenvalue weighted by atomic mass is 9.74. The van der Waals surface area contributed by atoms with E-state index in [-0.39, 0.29) is 12.1 Å². The summed E-state index contributed by atoms with van der Waals surface area (Å²) in [6.07, 6.45) is 7.30. The predicted molar refractivity (Wildman–Crippen MR) is 109 cm³/mol. The third-order valence-electron chi connectivity index (χ3n) is 5.92. The summed E-state index contributed by atoms with van der Waals surface area (Å²) in [6.45, 7) is 0. The quantitative estimate of drug-likeness (QED) is 0.330. The molecule has 0 amide bonds. The van der Waals surface area contributed by atoms with E-state index < -0.39 is 5.41 Å². The third-order valence-corrected chi connectivity index (χ3v) is 6.48. The topological polar surface area (TPSA) is 26.3 Å². The highest BCUT2D eigenvalue weighted by molar-refractivity contribution is 9.09. The number of carbonyl (C=O) groups is 1. The minimum absolute atomic E-state index is 0.0450. The van der Waals surface area contributed by atoms with E-state index in [0.717, 1.165) is 48.6 Å². The highest BCUT2D eigenvalue weighted by Crippen LogP contribution is 2.52. The fourth-order valence-electron chi connectivity index (χ4n) is 4.66. The fraction of sp³-hybridized carbons (Fsp3) is 0.435. The number of esters is 1. The Balaban J connectivity index is 1.80. The summed E-state index contributed by atoms with van der Waals surface area (Å²) in [7, 11) is 0. The van der Waals surface area contributed by atoms with Crippen molar-refractivity contribution in [3.05, 3.63) is 59.7 Å². The van der Waals surface area contributed by atoms with Crippen LogP contribution in [0.4, 0.5) is 0 Å². The normalized spacial score (nSPS) is 17.7. The lowest BCUT2D eigenvalue weighted by Crippen LogP contribution is -2.38. The molecule has 0 aliphatic heterocycles. The van der Waals surface area contributed by atoms with Gasteiger partial charge in [-0.1, -0.05) is 70.9 Å². The Morgan fingerprint density at radius 3 is 2.12 bits per heavy atom. The predicted octanol–water partition coefficient (Wildman–Crippen LogP) is 6.00. The van der Waals surface area contributed by atoms with Crippen molar-refractivity contribution in [1.82, 2.24) is 0 Å². The van der Waals surface area contributed by atoms with Crippen LogP contribution in [-0.2, 0) is 14.9 Å². The molecular formula is C23H25BrO2. The molecule has 0 saturated heterocycles. The lowest BCUT2D eigenvalue weighted by Gasteiger charge is -2.31. The van der Waals surface area contributed by atoms with Gasteiger partial charge in [-0.15, -0.1) is 0 Å². The highest BCUT2D eigenvalue weighted by atomic mass is 79.9. The van der Waals surface area contributed by atoms with E-state index in [1.807, 2.05) is 12.1 Å². The lowest BCUT2D eigenvalue weighted by molar-refractivity contribution is -0.154. The number of hydrogen-bond acceptors (Lipinski definition) is 2. The average Bonchev–Trinajstić information content (AvgIpc) is 3.28. The summed E-state index contributed by atoms with van der Waals surface area (Å²) < 4.78 is 6.09. The molecule has 2 aromatic rings. The molecule has 2 aliphatic rings. The van der Waals surface area contributed by atoms with Crippen molar-refractivity contribution in [1.29, 1.82) is 0 Å². The number of carbonyl (C=O) groups excluding carboxylic acids is 1. The van der Waals surface area contributed by atoms with Crippen molar-refractivity contribution in [2.45, 2.75) is 56.5 Å². The van der Waals surface area contributed by atoms with Crippen molar-refractivity contribution in [3.8, 4) is 11.1 Å². The van der Waals surface area contributed by atoms with Crippen LogP contribution in [0.5, 0.6) is 0 Å². The number of unbranched alkanes of at least 4 members (excludes halogenated alkanes) is 1. The first-order chi connectivity index (χ1) is 12.8. The van der Waals surface area contributed by atoms with Gasteiger partial charge in [0.25, 0.3) is 0 Å². The number of hydrogen-bond donors (Lipinski definition) is 0. The maximum atomic E-state index is 13.6. The van der Waals surface area contributed by atoms with E-state index in [1.165, 1.54) is 24.0 Å². The Labute approximate surface area is 164 Å². The second-order valence-corrected chi connectivity index (χ2v) is 8.25. The van der Waals surface area contributed by atoms with Crippen molar-refractivity contribution >= 4 is 21.9 Å². The number of halogens is 1. The summed E-state index contributed by atoms with van der Waals surface area (Å²) in [4.78, 5) is 13.6. The van der Waals surface area contributed by atoms with Crippen molar-refractivity contribution in [3.63, 3.8) is 0 Å². The smallest absolute Gasteiger partial charge is 0.321 e. The molecule has 0 aromatic heterocycles. The maximum Gasteiger partial charge on any atom is 0.321 e. The van der Waals surface area contributed by atoms with Crippen LogP contribution in [0.15, 0.2) is 48.5 Å². The van der Waals surface area contributed by atoms with Crippen molar-refractivity contribution in [2.75, 3.05) is 5.33 Å². The van der Waals surface area contributed by atoms with Crippen molar-refractivity contribution < 1.29 is 9.53 Å². The summed E-state index contributed by atoms with van der Waals surface area (Å²) in [6, 6.07) is 16.8. The van der Waals surface area contributed by atoms with Gasteiger partial charge in [0.05, 0.1) is 0 Å². The van der Waals surface area contributed by atoms with Crippen LogP contribution in [0.1, 0.15) is 56.1 Å². The molecule has 136 valence electrons. The molecule has 1 saturated carbocycles. The van der Waals surface area contributed by atoms with Gasteiger partial charge in [-0.25, -0.2) is 0 Å². The minimum atomic E-state index is -0.655. The molecule has 4 rings (SSSR count). The Hall–Kier alpha value is -1.61. The molecule has 0 N–H and O–H groups in total. The molecule has 0 spiro atoms. The molecule has 2 aliphatic carbocycles. The summed E-state index contributed by atoms with van der Waals surface area (Å²) in [5.41, 5.74) is 3.96. The molecule has 26 heavy (non-hydrogen) atoms. The molecule has 0 unspecified atom stereocenters. The third kappa shape index (κ3) is 2.90. The van der Waals surface area contributed by atoms with E-state index in [9.17, 15) is 4.79 Å². The first kappa shape index (κ1) is 17.8. The van der Waals surface area contributed by atoms with Gasteiger partial charge in [0, 0.05) is 5.33 Å². The van der Waals surface area contributed by atoms with Gasteiger partial charge in [-0.05, 0) is 60.8 Å². The standard InChI is InChI=1S/C23H25BrO2/c24-16-8-7-15-23(22(25)26-17-9-1-2-10-17)20-13-5-3-11-18(20)19-12-4-6-14-21(19)23/h3-6,11-14,17H,1-2,7-10,15-16H2. The van der Waals surface area contributed by atoms with Crippen molar-refractivity contribution in [2.24, 2.45) is 0 Å². The number of alkyl halides is 1. The minimum Gasteiger partial charge on any atom is -0.461 e. The van der Waals surface area contributed by atoms with Crippen LogP contribution in [0.3, 0.4) is 0 Å². The van der Waals surface area contributed by atoms with Gasteiger partial charge in [0.1, 0.15) is 11.5 Å². The molecule has 3 heteroatoms. The Morgan fingerprint density at radius 1 is 0.962 bits per heavy atom. The highest BCUT2D eigenvalue weighted by Gasteiger charge is 2.50. The average molecular weight is 413 g/mol. The molecule has 0 heterocycles. The zero-order chi connectivity index (χ0) is 18.0. The Morgan fingerprint density at radius 2 is 1.54 bits per heavy atom. The molecular weight excluding hydrogens is 388 g/mol. The zero-order valence-corrected chi connectivity index (χ0v) is 16.6. The second kappa shape index (κ2) is 7.56. The number of ether oxygens (including phenoxy) is 1. The number of benzene rings is 2. The van der Waals surface area contributed by atoms with E-state index in [1.54, 1.807) is 0 Å². The molecule has 0 atom stereocenters. The van der Waals surface area contributed by atoms with E-state index in [0.29, 0.717) is 0 Å². The summed E-state index contributed by atoms with van der Waals surface area (Å²) in [5.74, 6) is -0.0450. The van der Waals surface area contributed by atoms with E-state index in [2.05, 4.69) is 52.3 Å². The fourth-order valence-corrected chi connectivity index (χ4v) is 5.06. The van der Waals surface area contributed by atoms with Gasteiger partial charge < -0.3 is 4.74 Å². The monoisotopic (exact) mass is 412 g/mol. The summed E-state index contributed by atoms with van der Waals surface area (Å²) >= 11 is 3.53. The molecule has 0 bridgehead atoms. The van der Waals surface area contributed by atoms with E-state index in [4.69, 9.17) is 4.74 Å². The number of fused-ring (bicyclic) bond motifs is 3. The van der Waals surface area contributed by atoms with Crippen LogP contribution in [0.25, 0.3) is 11.1 Å².